The van der Waals surface area contributed by atoms with E-state index in [1.165, 1.54) is 6.08 Å². The summed E-state index contributed by atoms with van der Waals surface area (Å²) in [6, 6.07) is 19.0. The van der Waals surface area contributed by atoms with Gasteiger partial charge in [0, 0.05) is 12.1 Å². The van der Waals surface area contributed by atoms with Gasteiger partial charge in [-0.25, -0.2) is 0 Å². The van der Waals surface area contributed by atoms with Gasteiger partial charge in [0.2, 0.25) is 0 Å². The standard InChI is InChI=1S/C21H23NO4.3H2S/c23-13-16-11-18(20(25)21(26)19(16)24)22-12-17(14-7-3-1-4-8-14)15-9-5-2-6-10-15;;;/h1-12,17-21,23-26H,13H2;3*1H2/t18-,19+,20-,21?;;;/m0.../s1. The topological polar surface area (TPSA) is 93.3 Å². The zero-order chi connectivity index (χ0) is 18.5. The van der Waals surface area contributed by atoms with Crippen LogP contribution in [0.1, 0.15) is 17.0 Å². The number of aliphatic imine (C=N–C) groups is 1. The van der Waals surface area contributed by atoms with E-state index in [9.17, 15) is 20.4 Å². The van der Waals surface area contributed by atoms with E-state index in [-0.39, 0.29) is 52.0 Å². The number of hydrogen-bond acceptors (Lipinski definition) is 5. The second-order valence-corrected chi connectivity index (χ2v) is 6.41. The third-order valence-corrected chi connectivity index (χ3v) is 4.70. The van der Waals surface area contributed by atoms with Crippen molar-refractivity contribution < 1.29 is 20.4 Å². The Bertz CT molecular complexity index is 735. The van der Waals surface area contributed by atoms with E-state index in [2.05, 4.69) is 4.99 Å². The zero-order valence-electron chi connectivity index (χ0n) is 15.8. The van der Waals surface area contributed by atoms with Gasteiger partial charge in [-0.3, -0.25) is 4.99 Å². The molecule has 0 radical (unpaired) electrons. The smallest absolute Gasteiger partial charge is 0.112 e. The highest BCUT2D eigenvalue weighted by molar-refractivity contribution is 7.59. The summed E-state index contributed by atoms with van der Waals surface area (Å²) in [7, 11) is 0. The van der Waals surface area contributed by atoms with Gasteiger partial charge in [-0.1, -0.05) is 66.7 Å². The third kappa shape index (κ3) is 6.62. The molecule has 160 valence electrons. The number of hydrogen-bond donors (Lipinski definition) is 4. The Labute approximate surface area is 192 Å². The molecule has 29 heavy (non-hydrogen) atoms. The summed E-state index contributed by atoms with van der Waals surface area (Å²) in [5.74, 6) is -0.112. The highest BCUT2D eigenvalue weighted by Crippen LogP contribution is 2.25. The van der Waals surface area contributed by atoms with E-state index >= 15 is 0 Å². The maximum Gasteiger partial charge on any atom is 0.112 e. The maximum atomic E-state index is 10.2. The van der Waals surface area contributed by atoms with Gasteiger partial charge < -0.3 is 20.4 Å². The second kappa shape index (κ2) is 13.1. The number of benzene rings is 2. The molecule has 5 nitrogen and oxygen atoms in total. The lowest BCUT2D eigenvalue weighted by Crippen LogP contribution is -2.48. The van der Waals surface area contributed by atoms with Crippen molar-refractivity contribution in [3.8, 4) is 0 Å². The first-order valence-corrected chi connectivity index (χ1v) is 8.60. The Morgan fingerprint density at radius 2 is 1.28 bits per heavy atom. The van der Waals surface area contributed by atoms with Crippen molar-refractivity contribution in [1.29, 1.82) is 0 Å². The highest BCUT2D eigenvalue weighted by atomic mass is 32.1. The molecule has 0 aliphatic heterocycles. The molecule has 4 N–H and O–H groups in total. The summed E-state index contributed by atoms with van der Waals surface area (Å²) in [4.78, 5) is 4.47. The molecule has 0 fully saturated rings. The minimum Gasteiger partial charge on any atom is -0.392 e. The SMILES string of the molecule is OCC1=C[C@H](N=CC(c2ccccc2)c2ccccc2)[C@H](O)C(O)[C@@H]1O.S.S.S. The van der Waals surface area contributed by atoms with Crippen molar-refractivity contribution in [2.24, 2.45) is 4.99 Å². The molecule has 2 aromatic carbocycles. The zero-order valence-corrected chi connectivity index (χ0v) is 18.8. The fraction of sp³-hybridized carbons (Fsp3) is 0.286. The van der Waals surface area contributed by atoms with Gasteiger partial charge in [0.15, 0.2) is 0 Å². The minimum absolute atomic E-state index is 0. The van der Waals surface area contributed by atoms with Gasteiger partial charge in [0.1, 0.15) is 18.3 Å². The van der Waals surface area contributed by atoms with E-state index in [1.807, 2.05) is 60.7 Å². The van der Waals surface area contributed by atoms with Gasteiger partial charge in [0.25, 0.3) is 0 Å². The fourth-order valence-corrected chi connectivity index (χ4v) is 3.17. The van der Waals surface area contributed by atoms with Crippen molar-refractivity contribution in [2.45, 2.75) is 30.3 Å². The van der Waals surface area contributed by atoms with Gasteiger partial charge in [0.05, 0.1) is 12.6 Å². The second-order valence-electron chi connectivity index (χ2n) is 6.41. The molecule has 0 bridgehead atoms. The Morgan fingerprint density at radius 1 is 0.793 bits per heavy atom. The first-order valence-electron chi connectivity index (χ1n) is 8.60. The average Bonchev–Trinajstić information content (AvgIpc) is 2.69. The van der Waals surface area contributed by atoms with Crippen LogP contribution in [0.2, 0.25) is 0 Å². The van der Waals surface area contributed by atoms with E-state index in [0.717, 1.165) is 11.1 Å². The summed E-state index contributed by atoms with van der Waals surface area (Å²) in [5, 5.41) is 39.4. The lowest BCUT2D eigenvalue weighted by Gasteiger charge is -2.32. The lowest BCUT2D eigenvalue weighted by atomic mass is 9.88. The van der Waals surface area contributed by atoms with Crippen LogP contribution in [0.5, 0.6) is 0 Å². The molecule has 0 saturated carbocycles. The number of nitrogens with zero attached hydrogens (tertiary/aromatic N) is 1. The molecule has 3 rings (SSSR count). The Kier molecular flexibility index (Phi) is 12.6. The largest absolute Gasteiger partial charge is 0.392 e. The molecule has 0 heterocycles. The molecule has 0 saturated heterocycles. The molecule has 0 spiro atoms. The maximum absolute atomic E-state index is 10.2. The van der Waals surface area contributed by atoms with Gasteiger partial charge in [-0.05, 0) is 16.7 Å². The van der Waals surface area contributed by atoms with E-state index in [1.54, 1.807) is 6.21 Å². The van der Waals surface area contributed by atoms with Crippen molar-refractivity contribution in [3.63, 3.8) is 0 Å². The van der Waals surface area contributed by atoms with Crippen LogP contribution in [0, 0.1) is 0 Å². The molecular formula is C21H29NO4S3. The summed E-state index contributed by atoms with van der Waals surface area (Å²) >= 11 is 0. The summed E-state index contributed by atoms with van der Waals surface area (Å²) < 4.78 is 0. The van der Waals surface area contributed by atoms with Gasteiger partial charge >= 0.3 is 0 Å². The molecule has 1 unspecified atom stereocenters. The Balaban J connectivity index is 0.00000261. The summed E-state index contributed by atoms with van der Waals surface area (Å²) in [6.45, 7) is -0.391. The third-order valence-electron chi connectivity index (χ3n) is 4.70. The summed E-state index contributed by atoms with van der Waals surface area (Å²) in [5.41, 5.74) is 2.38. The van der Waals surface area contributed by atoms with Crippen LogP contribution in [0.3, 0.4) is 0 Å². The quantitative estimate of drug-likeness (QED) is 0.407. The molecule has 4 atom stereocenters. The fourth-order valence-electron chi connectivity index (χ4n) is 3.17. The number of aliphatic hydroxyl groups excluding tert-OH is 4. The lowest BCUT2D eigenvalue weighted by molar-refractivity contribution is -0.0593. The molecule has 1 aliphatic carbocycles. The molecule has 0 aromatic heterocycles. The number of aliphatic hydroxyl groups is 4. The predicted molar refractivity (Wildman–Crippen MR) is 131 cm³/mol. The molecule has 8 heteroatoms. The van der Waals surface area contributed by atoms with Crippen LogP contribution in [-0.4, -0.2) is 57.6 Å². The normalized spacial score (nSPS) is 23.6. The van der Waals surface area contributed by atoms with Gasteiger partial charge in [-0.2, -0.15) is 40.5 Å². The van der Waals surface area contributed by atoms with Crippen LogP contribution in [-0.2, 0) is 0 Å². The van der Waals surface area contributed by atoms with Crippen LogP contribution >= 0.6 is 40.5 Å². The molecular weight excluding hydrogens is 426 g/mol. The number of rotatable bonds is 5. The molecule has 2 aromatic rings. The highest BCUT2D eigenvalue weighted by Gasteiger charge is 2.36. The first kappa shape index (κ1) is 27.7. The monoisotopic (exact) mass is 455 g/mol. The van der Waals surface area contributed by atoms with Crippen molar-refractivity contribution in [2.75, 3.05) is 6.61 Å². The van der Waals surface area contributed by atoms with Crippen LogP contribution < -0.4 is 0 Å². The van der Waals surface area contributed by atoms with E-state index in [4.69, 9.17) is 0 Å². The molecule has 1 aliphatic rings. The van der Waals surface area contributed by atoms with E-state index in [0.29, 0.717) is 0 Å². The summed E-state index contributed by atoms with van der Waals surface area (Å²) in [6.07, 6.45) is -0.625. The van der Waals surface area contributed by atoms with Crippen molar-refractivity contribution in [3.05, 3.63) is 83.4 Å². The van der Waals surface area contributed by atoms with Crippen molar-refractivity contribution in [1.82, 2.24) is 0 Å². The molecule has 0 amide bonds. The van der Waals surface area contributed by atoms with Crippen LogP contribution in [0.4, 0.5) is 0 Å². The van der Waals surface area contributed by atoms with Crippen LogP contribution in [0.15, 0.2) is 77.3 Å². The average molecular weight is 456 g/mol. The first-order chi connectivity index (χ1) is 12.6. The van der Waals surface area contributed by atoms with Gasteiger partial charge in [-0.15, -0.1) is 0 Å². The van der Waals surface area contributed by atoms with E-state index < -0.39 is 31.0 Å². The minimum atomic E-state index is -1.38. The van der Waals surface area contributed by atoms with Crippen LogP contribution in [0.25, 0.3) is 0 Å². The predicted octanol–water partition coefficient (Wildman–Crippen LogP) is 1.61. The Hall–Kier alpha value is -1.26. The van der Waals surface area contributed by atoms with Crippen molar-refractivity contribution >= 4 is 46.7 Å². The Morgan fingerprint density at radius 3 is 1.72 bits per heavy atom.